The van der Waals surface area contributed by atoms with Crippen molar-refractivity contribution in [2.24, 2.45) is 4.99 Å². The van der Waals surface area contributed by atoms with Gasteiger partial charge in [0.25, 0.3) is 6.02 Å². The Kier molecular flexibility index (Phi) is 15.3. The third-order valence-corrected chi connectivity index (χ3v) is 7.21. The Morgan fingerprint density at radius 3 is 2.35 bits per heavy atom. The molecule has 12 nitrogen and oxygen atoms in total. The number of carbonyl (C=O) groups excluding carboxylic acids is 2. The van der Waals surface area contributed by atoms with Gasteiger partial charge in [0.15, 0.2) is 6.04 Å². The summed E-state index contributed by atoms with van der Waals surface area (Å²) >= 11 is 0. The highest BCUT2D eigenvalue weighted by molar-refractivity contribution is 5.91. The molecule has 12 heteroatoms. The molecule has 1 aliphatic heterocycles. The van der Waals surface area contributed by atoms with E-state index in [1.807, 2.05) is 89.2 Å². The van der Waals surface area contributed by atoms with Crippen LogP contribution in [0, 0.1) is 0 Å². The fourth-order valence-electron chi connectivity index (χ4n) is 4.99. The molecule has 2 aromatic carbocycles. The largest absolute Gasteiger partial charge is 0.511 e. The van der Waals surface area contributed by atoms with Crippen molar-refractivity contribution >= 4 is 18.1 Å². The van der Waals surface area contributed by atoms with E-state index < -0.39 is 24.5 Å². The summed E-state index contributed by atoms with van der Waals surface area (Å²) in [6, 6.07) is 15.1. The highest BCUT2D eigenvalue weighted by atomic mass is 16.8. The Morgan fingerprint density at radius 1 is 0.979 bits per heavy atom. The molecule has 1 aromatic heterocycles. The number of aromatic nitrogens is 4. The van der Waals surface area contributed by atoms with Crippen molar-refractivity contribution in [1.29, 1.82) is 0 Å². The molecular weight excluding hydrogens is 612 g/mol. The van der Waals surface area contributed by atoms with E-state index in [-0.39, 0.29) is 6.10 Å². The van der Waals surface area contributed by atoms with Crippen molar-refractivity contribution in [2.45, 2.75) is 99.1 Å². The summed E-state index contributed by atoms with van der Waals surface area (Å²) in [5.41, 5.74) is 4.11. The predicted octanol–water partition coefficient (Wildman–Crippen LogP) is 7.61. The highest BCUT2D eigenvalue weighted by Gasteiger charge is 2.40. The topological polar surface area (TPSA) is 141 Å². The number of benzene rings is 2. The number of tetrazole rings is 1. The summed E-state index contributed by atoms with van der Waals surface area (Å²) in [5, 5.41) is 14.4. The fourth-order valence-corrected chi connectivity index (χ4v) is 4.99. The average molecular weight is 661 g/mol. The van der Waals surface area contributed by atoms with Crippen molar-refractivity contribution < 1.29 is 28.5 Å². The molecule has 3 aromatic rings. The van der Waals surface area contributed by atoms with E-state index in [0.717, 1.165) is 47.9 Å². The van der Waals surface area contributed by atoms with Gasteiger partial charge >= 0.3 is 12.1 Å². The molecule has 0 saturated carbocycles. The Bertz CT molecular complexity index is 1520. The van der Waals surface area contributed by atoms with Crippen LogP contribution in [0.15, 0.2) is 77.4 Å². The number of nitrogens with zero attached hydrogens (tertiary/aromatic N) is 5. The van der Waals surface area contributed by atoms with Crippen molar-refractivity contribution in [3.05, 3.63) is 78.0 Å². The number of carbonyl (C=O) groups is 2. The van der Waals surface area contributed by atoms with Crippen molar-refractivity contribution in [1.82, 2.24) is 25.5 Å². The van der Waals surface area contributed by atoms with Gasteiger partial charge in [-0.3, -0.25) is 0 Å². The molecule has 0 saturated heterocycles. The minimum absolute atomic E-state index is 0.292. The third-order valence-electron chi connectivity index (χ3n) is 7.21. The summed E-state index contributed by atoms with van der Waals surface area (Å²) in [7, 11) is 0. The molecule has 3 unspecified atom stereocenters. The summed E-state index contributed by atoms with van der Waals surface area (Å²) in [6.07, 6.45) is 6.81. The number of nitrogens with one attached hydrogen (secondary N) is 1. The van der Waals surface area contributed by atoms with Crippen LogP contribution in [-0.2, 0) is 30.3 Å². The predicted molar refractivity (Wildman–Crippen MR) is 184 cm³/mol. The first-order valence-electron chi connectivity index (χ1n) is 16.6. The van der Waals surface area contributed by atoms with Gasteiger partial charge in [0.1, 0.15) is 6.10 Å². The van der Waals surface area contributed by atoms with E-state index in [0.29, 0.717) is 30.7 Å². The Morgan fingerprint density at radius 2 is 1.71 bits per heavy atom. The molecular formula is C36H48N6O6. The van der Waals surface area contributed by atoms with Crippen LogP contribution in [0.5, 0.6) is 0 Å². The number of allylic oxidation sites excluding steroid dienone is 3. The number of H-pyrrole nitrogens is 1. The van der Waals surface area contributed by atoms with Crippen LogP contribution in [0.1, 0.15) is 79.7 Å². The molecule has 0 aliphatic carbocycles. The zero-order valence-corrected chi connectivity index (χ0v) is 29.0. The van der Waals surface area contributed by atoms with Crippen molar-refractivity contribution in [3.63, 3.8) is 0 Å². The van der Waals surface area contributed by atoms with Crippen LogP contribution < -0.4 is 0 Å². The number of hydrogen-bond acceptors (Lipinski definition) is 11. The molecule has 3 atom stereocenters. The van der Waals surface area contributed by atoms with E-state index in [1.54, 1.807) is 17.1 Å². The average Bonchev–Trinajstić information content (AvgIpc) is 3.74. The highest BCUT2D eigenvalue weighted by Crippen LogP contribution is 2.31. The number of rotatable bonds is 14. The Balaban J connectivity index is 0.00000307. The van der Waals surface area contributed by atoms with Crippen LogP contribution in [-0.4, -0.2) is 68.7 Å². The molecule has 4 rings (SSSR count). The normalized spacial score (nSPS) is 16.1. The van der Waals surface area contributed by atoms with Gasteiger partial charge in [0.2, 0.25) is 12.1 Å². The Labute approximate surface area is 283 Å². The molecule has 258 valence electrons. The van der Waals surface area contributed by atoms with E-state index in [9.17, 15) is 9.59 Å². The SMILES string of the molecule is C/C=C\C=C1\N=C(OCC)N(Cc2ccc(-c3ccccc3-c3nn[nH]n3)cc2)C1C(=O)OC(C)OC(=O)OC(C)CCCCC.CC. The van der Waals surface area contributed by atoms with E-state index in [1.165, 1.54) is 6.92 Å². The van der Waals surface area contributed by atoms with Gasteiger partial charge in [0, 0.05) is 19.0 Å². The number of unbranched alkanes of at least 4 members (excludes halogenated alkanes) is 2. The van der Waals surface area contributed by atoms with Crippen LogP contribution in [0.2, 0.25) is 0 Å². The number of aliphatic imine (C=N–C) groups is 1. The lowest BCUT2D eigenvalue weighted by Crippen LogP contribution is -2.44. The second kappa shape index (κ2) is 19.6. The first-order chi connectivity index (χ1) is 23.3. The molecule has 0 bridgehead atoms. The molecule has 0 amide bonds. The molecule has 1 N–H and O–H groups in total. The van der Waals surface area contributed by atoms with E-state index in [2.05, 4.69) is 32.5 Å². The number of amidine groups is 1. The lowest BCUT2D eigenvalue weighted by Gasteiger charge is -2.27. The summed E-state index contributed by atoms with van der Waals surface area (Å²) in [5.74, 6) is -0.139. The quantitative estimate of drug-likeness (QED) is 0.104. The van der Waals surface area contributed by atoms with Gasteiger partial charge in [0.05, 0.1) is 12.3 Å². The fraction of sp³-hybridized carbons (Fsp3) is 0.444. The van der Waals surface area contributed by atoms with E-state index >= 15 is 0 Å². The van der Waals surface area contributed by atoms with Gasteiger partial charge in [-0.15, -0.1) is 10.2 Å². The monoisotopic (exact) mass is 660 g/mol. The summed E-state index contributed by atoms with van der Waals surface area (Å²) < 4.78 is 22.0. The second-order valence-electron chi connectivity index (χ2n) is 10.7. The molecule has 1 aliphatic rings. The zero-order chi connectivity index (χ0) is 34.9. The molecule has 0 fully saturated rings. The van der Waals surface area contributed by atoms with Gasteiger partial charge in [-0.25, -0.2) is 9.59 Å². The summed E-state index contributed by atoms with van der Waals surface area (Å²) in [4.78, 5) is 32.3. The lowest BCUT2D eigenvalue weighted by molar-refractivity contribution is -0.172. The lowest BCUT2D eigenvalue weighted by atomic mass is 9.98. The smallest absolute Gasteiger partial charge is 0.465 e. The number of aromatic amines is 1. The van der Waals surface area contributed by atoms with Gasteiger partial charge < -0.3 is 23.8 Å². The van der Waals surface area contributed by atoms with Crippen LogP contribution in [0.25, 0.3) is 22.5 Å². The van der Waals surface area contributed by atoms with Gasteiger partial charge in [-0.2, -0.15) is 10.2 Å². The van der Waals surface area contributed by atoms with E-state index in [4.69, 9.17) is 18.9 Å². The molecule has 2 heterocycles. The third kappa shape index (κ3) is 10.5. The molecule has 0 radical (unpaired) electrons. The maximum atomic E-state index is 13.6. The summed E-state index contributed by atoms with van der Waals surface area (Å²) in [6.45, 7) is 13.8. The van der Waals surface area contributed by atoms with Gasteiger partial charge in [-0.05, 0) is 61.6 Å². The Hall–Kier alpha value is -5.00. The van der Waals surface area contributed by atoms with Gasteiger partial charge in [-0.1, -0.05) is 94.3 Å². The van der Waals surface area contributed by atoms with Crippen LogP contribution in [0.4, 0.5) is 4.79 Å². The maximum absolute atomic E-state index is 13.6. The van der Waals surface area contributed by atoms with Crippen molar-refractivity contribution in [3.8, 4) is 22.5 Å². The minimum atomic E-state index is -1.18. The van der Waals surface area contributed by atoms with Crippen molar-refractivity contribution in [2.75, 3.05) is 6.61 Å². The number of esters is 1. The second-order valence-corrected chi connectivity index (χ2v) is 10.7. The first-order valence-corrected chi connectivity index (χ1v) is 16.6. The standard InChI is InChI=1S/C34H42N6O6.C2H6/c1-6-9-11-14-23(4)44-34(42)46-24(5)45-32(41)30-29(17-10-7-2)35-33(43-8-3)40(30)22-25-18-20-26(21-19-25)27-15-12-13-16-28(27)31-36-38-39-37-31;1-2/h7,10,12-13,15-21,23-24,30H,6,8-9,11,14,22H2,1-5H3,(H,36,37,38,39);1-2H3/b10-7-,29-17+;. The van der Waals surface area contributed by atoms with Crippen LogP contribution >= 0.6 is 0 Å². The maximum Gasteiger partial charge on any atom is 0.511 e. The number of hydrogen-bond donors (Lipinski definition) is 1. The zero-order valence-electron chi connectivity index (χ0n) is 29.0. The number of ether oxygens (including phenoxy) is 4. The van der Waals surface area contributed by atoms with Crippen LogP contribution in [0.3, 0.4) is 0 Å². The molecule has 48 heavy (non-hydrogen) atoms. The minimum Gasteiger partial charge on any atom is -0.465 e. The molecule has 0 spiro atoms. The first kappa shape index (κ1) is 37.5.